The lowest BCUT2D eigenvalue weighted by Gasteiger charge is -2.09. The van der Waals surface area contributed by atoms with Crippen LogP contribution in [0.1, 0.15) is 23.2 Å². The summed E-state index contributed by atoms with van der Waals surface area (Å²) in [5.41, 5.74) is 2.31. The molecule has 3 heterocycles. The second-order valence-corrected chi connectivity index (χ2v) is 7.50. The molecule has 1 aliphatic heterocycles. The van der Waals surface area contributed by atoms with Crippen LogP contribution in [0.15, 0.2) is 54.0 Å². The number of aromatic nitrogens is 2. The molecule has 134 valence electrons. The summed E-state index contributed by atoms with van der Waals surface area (Å²) in [7, 11) is 0. The van der Waals surface area contributed by atoms with Crippen molar-refractivity contribution in [1.29, 1.82) is 0 Å². The number of nitrogens with zero attached hydrogens (tertiary/aromatic N) is 2. The average Bonchev–Trinajstić information content (AvgIpc) is 3.42. The van der Waals surface area contributed by atoms with E-state index in [1.807, 2.05) is 54.0 Å². The Morgan fingerprint density at radius 2 is 2.15 bits per heavy atom. The van der Waals surface area contributed by atoms with Crippen molar-refractivity contribution in [3.05, 3.63) is 59.6 Å². The zero-order valence-corrected chi connectivity index (χ0v) is 15.3. The number of amides is 1. The Bertz CT molecular complexity index is 851. The van der Waals surface area contributed by atoms with E-state index in [4.69, 9.17) is 0 Å². The van der Waals surface area contributed by atoms with Gasteiger partial charge in [-0.3, -0.25) is 4.79 Å². The molecule has 0 bridgehead atoms. The minimum atomic E-state index is -0.0541. The van der Waals surface area contributed by atoms with Gasteiger partial charge in [-0.2, -0.15) is 5.10 Å². The van der Waals surface area contributed by atoms with Gasteiger partial charge in [0.15, 0.2) is 0 Å². The maximum Gasteiger partial charge on any atom is 0.255 e. The number of hydrogen-bond donors (Lipinski definition) is 2. The van der Waals surface area contributed by atoms with Crippen molar-refractivity contribution in [3.63, 3.8) is 0 Å². The van der Waals surface area contributed by atoms with E-state index in [9.17, 15) is 4.79 Å². The molecule has 3 aromatic rings. The molecular formula is C20H22N4OS. The SMILES string of the molecule is O=C(NCCC1CCNC1)c1cn(-c2ccccc2)nc1-c1cccs1. The molecule has 1 fully saturated rings. The molecule has 0 spiro atoms. The maximum absolute atomic E-state index is 12.8. The van der Waals surface area contributed by atoms with Crippen LogP contribution in [0.4, 0.5) is 0 Å². The average molecular weight is 366 g/mol. The van der Waals surface area contributed by atoms with E-state index in [1.165, 1.54) is 6.42 Å². The fraction of sp³-hybridized carbons (Fsp3) is 0.300. The highest BCUT2D eigenvalue weighted by Crippen LogP contribution is 2.27. The van der Waals surface area contributed by atoms with Crippen molar-refractivity contribution < 1.29 is 4.79 Å². The van der Waals surface area contributed by atoms with Gasteiger partial charge in [-0.05, 0) is 55.4 Å². The quantitative estimate of drug-likeness (QED) is 0.703. The summed E-state index contributed by atoms with van der Waals surface area (Å²) in [5.74, 6) is 0.612. The Morgan fingerprint density at radius 3 is 2.88 bits per heavy atom. The summed E-state index contributed by atoms with van der Waals surface area (Å²) >= 11 is 1.60. The van der Waals surface area contributed by atoms with Gasteiger partial charge in [0.2, 0.25) is 0 Å². The van der Waals surface area contributed by atoms with Gasteiger partial charge in [0.25, 0.3) is 5.91 Å². The number of carbonyl (C=O) groups is 1. The van der Waals surface area contributed by atoms with Crippen LogP contribution in [0.2, 0.25) is 0 Å². The van der Waals surface area contributed by atoms with Gasteiger partial charge in [0, 0.05) is 12.7 Å². The standard InChI is InChI=1S/C20H22N4OS/c25-20(22-11-9-15-8-10-21-13-15)17-14-24(16-5-2-1-3-6-16)23-19(17)18-7-4-12-26-18/h1-7,12,14-15,21H,8-11,13H2,(H,22,25). The normalized spacial score (nSPS) is 16.7. The maximum atomic E-state index is 12.8. The van der Waals surface area contributed by atoms with Crippen molar-refractivity contribution in [2.75, 3.05) is 19.6 Å². The van der Waals surface area contributed by atoms with E-state index in [-0.39, 0.29) is 5.91 Å². The molecule has 1 aliphatic rings. The second-order valence-electron chi connectivity index (χ2n) is 6.55. The molecule has 1 amide bonds. The van der Waals surface area contributed by atoms with Crippen molar-refractivity contribution in [1.82, 2.24) is 20.4 Å². The Labute approximate surface area is 157 Å². The van der Waals surface area contributed by atoms with Crippen LogP contribution < -0.4 is 10.6 Å². The van der Waals surface area contributed by atoms with Gasteiger partial charge in [0.05, 0.1) is 16.1 Å². The number of benzene rings is 1. The Kier molecular flexibility index (Phi) is 5.13. The highest BCUT2D eigenvalue weighted by Gasteiger charge is 2.20. The van der Waals surface area contributed by atoms with Gasteiger partial charge in [-0.25, -0.2) is 4.68 Å². The van der Waals surface area contributed by atoms with Gasteiger partial charge < -0.3 is 10.6 Å². The van der Waals surface area contributed by atoms with Gasteiger partial charge >= 0.3 is 0 Å². The number of rotatable bonds is 6. The molecule has 5 nitrogen and oxygen atoms in total. The fourth-order valence-electron chi connectivity index (χ4n) is 3.29. The third-order valence-corrected chi connectivity index (χ3v) is 5.61. The second kappa shape index (κ2) is 7.85. The van der Waals surface area contributed by atoms with E-state index < -0.39 is 0 Å². The molecule has 1 aromatic carbocycles. The molecular weight excluding hydrogens is 344 g/mol. The molecule has 1 atom stereocenters. The molecule has 26 heavy (non-hydrogen) atoms. The van der Waals surface area contributed by atoms with Crippen LogP contribution in [0.5, 0.6) is 0 Å². The van der Waals surface area contributed by atoms with E-state index in [0.29, 0.717) is 18.0 Å². The number of hydrogen-bond acceptors (Lipinski definition) is 4. The first-order chi connectivity index (χ1) is 12.8. The van der Waals surface area contributed by atoms with Gasteiger partial charge in [-0.1, -0.05) is 24.3 Å². The van der Waals surface area contributed by atoms with Gasteiger partial charge in [0.1, 0.15) is 5.69 Å². The van der Waals surface area contributed by atoms with Crippen LogP contribution in [-0.2, 0) is 0 Å². The Morgan fingerprint density at radius 1 is 1.27 bits per heavy atom. The molecule has 1 saturated heterocycles. The smallest absolute Gasteiger partial charge is 0.255 e. The predicted molar refractivity (Wildman–Crippen MR) is 105 cm³/mol. The topological polar surface area (TPSA) is 59.0 Å². The molecule has 2 N–H and O–H groups in total. The van der Waals surface area contributed by atoms with E-state index in [1.54, 1.807) is 16.0 Å². The lowest BCUT2D eigenvalue weighted by Crippen LogP contribution is -2.26. The molecule has 4 rings (SSSR count). The van der Waals surface area contributed by atoms with Crippen LogP contribution >= 0.6 is 11.3 Å². The highest BCUT2D eigenvalue weighted by atomic mass is 32.1. The molecule has 0 saturated carbocycles. The number of carbonyl (C=O) groups excluding carboxylic acids is 1. The van der Waals surface area contributed by atoms with Crippen molar-refractivity contribution >= 4 is 17.2 Å². The number of thiophene rings is 1. The summed E-state index contributed by atoms with van der Waals surface area (Å²) in [6.45, 7) is 2.85. The first-order valence-corrected chi connectivity index (χ1v) is 9.87. The monoisotopic (exact) mass is 366 g/mol. The lowest BCUT2D eigenvalue weighted by molar-refractivity contribution is 0.0952. The lowest BCUT2D eigenvalue weighted by atomic mass is 10.1. The summed E-state index contributed by atoms with van der Waals surface area (Å²) in [4.78, 5) is 13.8. The first kappa shape index (κ1) is 17.0. The minimum absolute atomic E-state index is 0.0541. The van der Waals surface area contributed by atoms with Crippen LogP contribution in [0.25, 0.3) is 16.3 Å². The van der Waals surface area contributed by atoms with E-state index in [0.717, 1.165) is 35.8 Å². The first-order valence-electron chi connectivity index (χ1n) is 8.99. The number of nitrogens with one attached hydrogen (secondary N) is 2. The van der Waals surface area contributed by atoms with E-state index in [2.05, 4.69) is 15.7 Å². The zero-order valence-electron chi connectivity index (χ0n) is 14.5. The Hall–Kier alpha value is -2.44. The predicted octanol–water partition coefficient (Wildman–Crippen LogP) is 3.33. The fourth-order valence-corrected chi connectivity index (χ4v) is 4.02. The molecule has 6 heteroatoms. The third kappa shape index (κ3) is 3.71. The summed E-state index contributed by atoms with van der Waals surface area (Å²) in [6.07, 6.45) is 4.04. The van der Waals surface area contributed by atoms with Crippen LogP contribution in [0, 0.1) is 5.92 Å². The van der Waals surface area contributed by atoms with Crippen LogP contribution in [0.3, 0.4) is 0 Å². The highest BCUT2D eigenvalue weighted by molar-refractivity contribution is 7.13. The van der Waals surface area contributed by atoms with Crippen molar-refractivity contribution in [2.24, 2.45) is 5.92 Å². The van der Waals surface area contributed by atoms with Crippen molar-refractivity contribution in [3.8, 4) is 16.3 Å². The zero-order chi connectivity index (χ0) is 17.8. The van der Waals surface area contributed by atoms with Gasteiger partial charge in [-0.15, -0.1) is 11.3 Å². The summed E-state index contributed by atoms with van der Waals surface area (Å²) in [6, 6.07) is 13.9. The van der Waals surface area contributed by atoms with Crippen molar-refractivity contribution in [2.45, 2.75) is 12.8 Å². The molecule has 0 radical (unpaired) electrons. The molecule has 0 aliphatic carbocycles. The van der Waals surface area contributed by atoms with Crippen LogP contribution in [-0.4, -0.2) is 35.3 Å². The number of para-hydroxylation sites is 1. The third-order valence-electron chi connectivity index (χ3n) is 4.73. The minimum Gasteiger partial charge on any atom is -0.352 e. The summed E-state index contributed by atoms with van der Waals surface area (Å²) < 4.78 is 1.78. The molecule has 2 aromatic heterocycles. The largest absolute Gasteiger partial charge is 0.352 e. The Balaban J connectivity index is 1.55. The van der Waals surface area contributed by atoms with E-state index >= 15 is 0 Å². The molecule has 1 unspecified atom stereocenters. The summed E-state index contributed by atoms with van der Waals surface area (Å²) in [5, 5.41) is 13.1.